The Morgan fingerprint density at radius 3 is 2.54 bits per heavy atom. The molecule has 2 aromatic rings. The summed E-state index contributed by atoms with van der Waals surface area (Å²) in [5, 5.41) is 10.8. The molecule has 0 radical (unpaired) electrons. The predicted molar refractivity (Wildman–Crippen MR) is 93.9 cm³/mol. The molecule has 0 saturated carbocycles. The van der Waals surface area contributed by atoms with Gasteiger partial charge < -0.3 is 14.4 Å². The maximum absolute atomic E-state index is 13.5. The number of carbonyl (C=O) groups is 2. The zero-order valence-electron chi connectivity index (χ0n) is 14.9. The number of nitrogens with zero attached hydrogens (tertiary/aromatic N) is 1. The summed E-state index contributed by atoms with van der Waals surface area (Å²) < 4.78 is 19.2. The van der Waals surface area contributed by atoms with Gasteiger partial charge in [0.1, 0.15) is 29.1 Å². The predicted octanol–water partition coefficient (Wildman–Crippen LogP) is 3.87. The molecule has 0 bridgehead atoms. The average Bonchev–Trinajstić information content (AvgIpc) is 3.13. The first-order valence-corrected chi connectivity index (χ1v) is 8.46. The average molecular weight is 357 g/mol. The molecule has 3 rings (SSSR count). The summed E-state index contributed by atoms with van der Waals surface area (Å²) in [6.07, 6.45) is 0.652. The Kier molecular flexibility index (Phi) is 4.68. The Hall–Kier alpha value is -2.89. The van der Waals surface area contributed by atoms with Gasteiger partial charge in [0.15, 0.2) is 0 Å². The number of aliphatic hydroxyl groups excluding tert-OH is 1. The molecule has 1 unspecified atom stereocenters. The molecule has 1 saturated heterocycles. The van der Waals surface area contributed by atoms with Crippen molar-refractivity contribution in [2.75, 3.05) is 6.54 Å². The van der Waals surface area contributed by atoms with Crippen molar-refractivity contribution < 1.29 is 23.5 Å². The number of aryl methyl sites for hydroxylation is 2. The summed E-state index contributed by atoms with van der Waals surface area (Å²) >= 11 is 0. The van der Waals surface area contributed by atoms with Gasteiger partial charge in [-0.25, -0.2) is 4.39 Å². The first-order chi connectivity index (χ1) is 12.3. The molecule has 1 fully saturated rings. The van der Waals surface area contributed by atoms with Crippen molar-refractivity contribution in [3.8, 4) is 0 Å². The van der Waals surface area contributed by atoms with Crippen LogP contribution < -0.4 is 0 Å². The lowest BCUT2D eigenvalue weighted by Crippen LogP contribution is -2.30. The number of Topliss-reactive ketones (excluding diaryl/α,β-unsaturated/α-hetero) is 1. The van der Waals surface area contributed by atoms with Crippen LogP contribution >= 0.6 is 0 Å². The highest BCUT2D eigenvalue weighted by Gasteiger charge is 2.47. The minimum absolute atomic E-state index is 0.0381. The van der Waals surface area contributed by atoms with Gasteiger partial charge >= 0.3 is 0 Å². The highest BCUT2D eigenvalue weighted by molar-refractivity contribution is 6.46. The van der Waals surface area contributed by atoms with Crippen molar-refractivity contribution in [1.29, 1.82) is 0 Å². The van der Waals surface area contributed by atoms with Crippen LogP contribution in [0.2, 0.25) is 0 Å². The quantitative estimate of drug-likeness (QED) is 0.512. The van der Waals surface area contributed by atoms with Gasteiger partial charge in [-0.1, -0.05) is 6.92 Å². The standard InChI is InChI=1S/C20H20FNO4/c1-4-9-22-17(15-8-5-12(3)26-15)16(19(24)20(22)25)18(23)13-6-7-14(21)11(2)10-13/h5-8,10,17,23H,4,9H2,1-3H3/b18-16-. The van der Waals surface area contributed by atoms with Crippen LogP contribution in [0.1, 0.15) is 42.0 Å². The number of aliphatic hydroxyl groups is 1. The minimum Gasteiger partial charge on any atom is -0.507 e. The second kappa shape index (κ2) is 6.78. The molecular weight excluding hydrogens is 337 g/mol. The molecule has 1 aromatic carbocycles. The van der Waals surface area contributed by atoms with Gasteiger partial charge in [0.25, 0.3) is 11.7 Å². The molecule has 1 N–H and O–H groups in total. The molecule has 1 amide bonds. The van der Waals surface area contributed by atoms with E-state index in [0.29, 0.717) is 30.0 Å². The number of halogens is 1. The van der Waals surface area contributed by atoms with Gasteiger partial charge in [-0.2, -0.15) is 0 Å². The SMILES string of the molecule is CCCN1C(=O)C(=O)/C(=C(\O)c2ccc(F)c(C)c2)C1c1ccc(C)o1. The van der Waals surface area contributed by atoms with Crippen molar-refractivity contribution in [1.82, 2.24) is 4.90 Å². The van der Waals surface area contributed by atoms with Crippen LogP contribution in [0, 0.1) is 19.7 Å². The number of hydrogen-bond donors (Lipinski definition) is 1. The maximum Gasteiger partial charge on any atom is 0.295 e. The topological polar surface area (TPSA) is 70.8 Å². The van der Waals surface area contributed by atoms with E-state index in [0.717, 1.165) is 0 Å². The van der Waals surface area contributed by atoms with Crippen LogP contribution in [0.5, 0.6) is 0 Å². The third-order valence-electron chi connectivity index (χ3n) is 4.47. The summed E-state index contributed by atoms with van der Waals surface area (Å²) in [6.45, 7) is 5.58. The smallest absolute Gasteiger partial charge is 0.295 e. The molecular formula is C20H20FNO4. The first kappa shape index (κ1) is 17.9. The van der Waals surface area contributed by atoms with E-state index in [-0.39, 0.29) is 16.9 Å². The summed E-state index contributed by atoms with van der Waals surface area (Å²) in [5.74, 6) is -1.13. The van der Waals surface area contributed by atoms with E-state index < -0.39 is 23.5 Å². The zero-order valence-corrected chi connectivity index (χ0v) is 14.9. The monoisotopic (exact) mass is 357 g/mol. The Balaban J connectivity index is 2.19. The van der Waals surface area contributed by atoms with Crippen molar-refractivity contribution in [2.24, 2.45) is 0 Å². The van der Waals surface area contributed by atoms with Gasteiger partial charge in [-0.3, -0.25) is 9.59 Å². The van der Waals surface area contributed by atoms with Gasteiger partial charge in [-0.15, -0.1) is 0 Å². The van der Waals surface area contributed by atoms with Crippen LogP contribution in [0.4, 0.5) is 4.39 Å². The summed E-state index contributed by atoms with van der Waals surface area (Å²) in [7, 11) is 0. The summed E-state index contributed by atoms with van der Waals surface area (Å²) in [4.78, 5) is 26.5. The normalized spacial score (nSPS) is 19.4. The number of hydrogen-bond acceptors (Lipinski definition) is 4. The second-order valence-electron chi connectivity index (χ2n) is 6.40. The molecule has 0 aliphatic carbocycles. The molecule has 6 heteroatoms. The Morgan fingerprint density at radius 1 is 1.23 bits per heavy atom. The van der Waals surface area contributed by atoms with Gasteiger partial charge in [0.05, 0.1) is 5.57 Å². The highest BCUT2D eigenvalue weighted by atomic mass is 19.1. The van der Waals surface area contributed by atoms with Gasteiger partial charge in [-0.05, 0) is 56.2 Å². The molecule has 1 aromatic heterocycles. The van der Waals surface area contributed by atoms with E-state index in [1.807, 2.05) is 6.92 Å². The van der Waals surface area contributed by atoms with E-state index in [4.69, 9.17) is 4.42 Å². The fourth-order valence-electron chi connectivity index (χ4n) is 3.20. The van der Waals surface area contributed by atoms with E-state index >= 15 is 0 Å². The summed E-state index contributed by atoms with van der Waals surface area (Å²) in [5.41, 5.74) is 0.581. The minimum atomic E-state index is -0.797. The van der Waals surface area contributed by atoms with Crippen molar-refractivity contribution in [3.05, 3.63) is 64.4 Å². The third kappa shape index (κ3) is 2.92. The number of benzene rings is 1. The van der Waals surface area contributed by atoms with Crippen molar-refractivity contribution >= 4 is 17.4 Å². The molecule has 26 heavy (non-hydrogen) atoms. The Labute approximate surface area is 150 Å². The first-order valence-electron chi connectivity index (χ1n) is 8.46. The van der Waals surface area contributed by atoms with E-state index in [2.05, 4.69) is 0 Å². The molecule has 0 spiro atoms. The number of ketones is 1. The largest absolute Gasteiger partial charge is 0.507 e. The molecule has 136 valence electrons. The fraction of sp³-hybridized carbons (Fsp3) is 0.300. The molecule has 1 aliphatic rings. The lowest BCUT2D eigenvalue weighted by molar-refractivity contribution is -0.140. The van der Waals surface area contributed by atoms with E-state index in [1.165, 1.54) is 23.1 Å². The summed E-state index contributed by atoms with van der Waals surface area (Å²) in [6, 6.07) is 6.69. The Bertz CT molecular complexity index is 912. The van der Waals surface area contributed by atoms with Crippen LogP contribution in [-0.2, 0) is 9.59 Å². The zero-order chi connectivity index (χ0) is 19.0. The van der Waals surface area contributed by atoms with Crippen LogP contribution in [0.15, 0.2) is 40.3 Å². The number of likely N-dealkylation sites (tertiary alicyclic amines) is 1. The van der Waals surface area contributed by atoms with Crippen molar-refractivity contribution in [3.63, 3.8) is 0 Å². The van der Waals surface area contributed by atoms with E-state index in [1.54, 1.807) is 26.0 Å². The van der Waals surface area contributed by atoms with Gasteiger partial charge in [0, 0.05) is 12.1 Å². The van der Waals surface area contributed by atoms with Crippen LogP contribution in [-0.4, -0.2) is 28.2 Å². The Morgan fingerprint density at radius 2 is 1.96 bits per heavy atom. The fourth-order valence-corrected chi connectivity index (χ4v) is 3.20. The lowest BCUT2D eigenvalue weighted by Gasteiger charge is -2.22. The molecule has 1 atom stereocenters. The van der Waals surface area contributed by atoms with Crippen molar-refractivity contribution in [2.45, 2.75) is 33.2 Å². The second-order valence-corrected chi connectivity index (χ2v) is 6.40. The highest BCUT2D eigenvalue weighted by Crippen LogP contribution is 2.40. The lowest BCUT2D eigenvalue weighted by atomic mass is 9.98. The molecule has 2 heterocycles. The number of furan rings is 1. The van der Waals surface area contributed by atoms with Crippen LogP contribution in [0.3, 0.4) is 0 Å². The molecule has 5 nitrogen and oxygen atoms in total. The third-order valence-corrected chi connectivity index (χ3v) is 4.47. The number of rotatable bonds is 4. The maximum atomic E-state index is 13.5. The molecule has 1 aliphatic heterocycles. The number of amides is 1. The van der Waals surface area contributed by atoms with E-state index in [9.17, 15) is 19.1 Å². The number of carbonyl (C=O) groups excluding carboxylic acids is 2. The van der Waals surface area contributed by atoms with Gasteiger partial charge in [0.2, 0.25) is 0 Å². The van der Waals surface area contributed by atoms with Crippen LogP contribution in [0.25, 0.3) is 5.76 Å².